The summed E-state index contributed by atoms with van der Waals surface area (Å²) in [6.07, 6.45) is 0.512. The van der Waals surface area contributed by atoms with Crippen molar-refractivity contribution in [1.29, 1.82) is 0 Å². The van der Waals surface area contributed by atoms with E-state index < -0.39 is 5.97 Å². The lowest BCUT2D eigenvalue weighted by molar-refractivity contribution is 0.0695. The summed E-state index contributed by atoms with van der Waals surface area (Å²) in [5.41, 5.74) is 0.554. The smallest absolute Gasteiger partial charge is 0.337 e. The third kappa shape index (κ3) is 2.11. The highest BCUT2D eigenvalue weighted by Gasteiger charge is 2.13. The Hall–Kier alpha value is -0.800. The average Bonchev–Trinajstić information content (AvgIpc) is 2.08. The van der Waals surface area contributed by atoms with E-state index in [1.165, 1.54) is 6.07 Å². The first-order chi connectivity index (χ1) is 6.06. The fourth-order valence-corrected chi connectivity index (χ4v) is 1.26. The van der Waals surface area contributed by atoms with Crippen LogP contribution in [0.2, 0.25) is 10.2 Å². The second kappa shape index (κ2) is 3.94. The second-order valence-electron chi connectivity index (χ2n) is 2.41. The molecule has 0 aliphatic carbocycles. The molecule has 0 spiro atoms. The molecular formula is C8H7Cl2NO2. The molecule has 1 aromatic heterocycles. The minimum atomic E-state index is -1.04. The van der Waals surface area contributed by atoms with Gasteiger partial charge in [0.05, 0.1) is 16.3 Å². The fourth-order valence-electron chi connectivity index (χ4n) is 0.956. The van der Waals surface area contributed by atoms with Gasteiger partial charge >= 0.3 is 5.97 Å². The van der Waals surface area contributed by atoms with Gasteiger partial charge in [0.25, 0.3) is 0 Å². The molecule has 5 heteroatoms. The molecule has 0 saturated carbocycles. The summed E-state index contributed by atoms with van der Waals surface area (Å²) < 4.78 is 0. The molecule has 1 heterocycles. The Morgan fingerprint density at radius 2 is 2.23 bits per heavy atom. The molecule has 70 valence electrons. The zero-order valence-corrected chi connectivity index (χ0v) is 8.35. The Morgan fingerprint density at radius 3 is 2.69 bits per heavy atom. The summed E-state index contributed by atoms with van der Waals surface area (Å²) in [6.45, 7) is 1.80. The monoisotopic (exact) mass is 219 g/mol. The number of aryl methyl sites for hydroxylation is 1. The molecule has 0 aliphatic rings. The molecule has 3 nitrogen and oxygen atoms in total. The van der Waals surface area contributed by atoms with Crippen LogP contribution in [0, 0.1) is 0 Å². The maximum absolute atomic E-state index is 10.7. The number of rotatable bonds is 2. The zero-order valence-electron chi connectivity index (χ0n) is 6.84. The van der Waals surface area contributed by atoms with Gasteiger partial charge in [0, 0.05) is 0 Å². The first-order valence-electron chi connectivity index (χ1n) is 3.64. The molecule has 0 radical (unpaired) electrons. The van der Waals surface area contributed by atoms with Gasteiger partial charge < -0.3 is 5.11 Å². The lowest BCUT2D eigenvalue weighted by Crippen LogP contribution is -2.04. The van der Waals surface area contributed by atoms with Gasteiger partial charge in [0.2, 0.25) is 0 Å². The minimum Gasteiger partial charge on any atom is -0.478 e. The predicted molar refractivity (Wildman–Crippen MR) is 50.6 cm³/mol. The topological polar surface area (TPSA) is 50.2 Å². The van der Waals surface area contributed by atoms with Gasteiger partial charge in [-0.1, -0.05) is 30.1 Å². The van der Waals surface area contributed by atoms with Crippen molar-refractivity contribution in [3.05, 3.63) is 27.5 Å². The first-order valence-corrected chi connectivity index (χ1v) is 4.40. The van der Waals surface area contributed by atoms with E-state index in [0.29, 0.717) is 12.1 Å². The quantitative estimate of drug-likeness (QED) is 0.779. The Morgan fingerprint density at radius 1 is 1.62 bits per heavy atom. The molecule has 0 atom stereocenters. The Bertz CT molecular complexity index is 352. The van der Waals surface area contributed by atoms with E-state index in [1.54, 1.807) is 6.92 Å². The van der Waals surface area contributed by atoms with Crippen LogP contribution in [0.5, 0.6) is 0 Å². The molecule has 0 aromatic carbocycles. The average molecular weight is 220 g/mol. The predicted octanol–water partition coefficient (Wildman–Crippen LogP) is 2.65. The van der Waals surface area contributed by atoms with Crippen molar-refractivity contribution >= 4 is 29.2 Å². The third-order valence-electron chi connectivity index (χ3n) is 1.58. The van der Waals surface area contributed by atoms with Crippen LogP contribution >= 0.6 is 23.2 Å². The van der Waals surface area contributed by atoms with E-state index in [2.05, 4.69) is 4.98 Å². The summed E-state index contributed by atoms with van der Waals surface area (Å²) in [7, 11) is 0. The van der Waals surface area contributed by atoms with Crippen molar-refractivity contribution in [2.24, 2.45) is 0 Å². The number of carboxylic acids is 1. The number of aromatic nitrogens is 1. The number of pyridine rings is 1. The summed E-state index contributed by atoms with van der Waals surface area (Å²) in [5, 5.41) is 9.08. The highest BCUT2D eigenvalue weighted by molar-refractivity contribution is 6.41. The maximum Gasteiger partial charge on any atom is 0.337 e. The summed E-state index contributed by atoms with van der Waals surface area (Å²) in [4.78, 5) is 14.6. The van der Waals surface area contributed by atoms with Crippen LogP contribution in [0.3, 0.4) is 0 Å². The summed E-state index contributed by atoms with van der Waals surface area (Å²) in [6, 6.07) is 1.32. The van der Waals surface area contributed by atoms with Crippen molar-refractivity contribution in [1.82, 2.24) is 4.98 Å². The van der Waals surface area contributed by atoms with Gasteiger partial charge in [-0.3, -0.25) is 0 Å². The number of hydrogen-bond acceptors (Lipinski definition) is 2. The molecule has 0 saturated heterocycles. The van der Waals surface area contributed by atoms with Crippen LogP contribution in [0.25, 0.3) is 0 Å². The number of aromatic carboxylic acids is 1. The van der Waals surface area contributed by atoms with Gasteiger partial charge in [-0.2, -0.15) is 0 Å². The van der Waals surface area contributed by atoms with E-state index in [9.17, 15) is 4.79 Å². The largest absolute Gasteiger partial charge is 0.478 e. The van der Waals surface area contributed by atoms with E-state index in [-0.39, 0.29) is 15.7 Å². The fraction of sp³-hybridized carbons (Fsp3) is 0.250. The molecule has 0 bridgehead atoms. The second-order valence-corrected chi connectivity index (χ2v) is 3.18. The number of nitrogens with zero attached hydrogens (tertiary/aromatic N) is 1. The molecule has 1 aromatic rings. The molecular weight excluding hydrogens is 213 g/mol. The summed E-state index contributed by atoms with van der Waals surface area (Å²) >= 11 is 11.3. The number of hydrogen-bond donors (Lipinski definition) is 1. The molecule has 0 unspecified atom stereocenters. The van der Waals surface area contributed by atoms with Crippen LogP contribution in [0.15, 0.2) is 6.07 Å². The zero-order chi connectivity index (χ0) is 10.0. The lowest BCUT2D eigenvalue weighted by Gasteiger charge is -2.03. The van der Waals surface area contributed by atoms with E-state index in [4.69, 9.17) is 28.3 Å². The van der Waals surface area contributed by atoms with Crippen LogP contribution in [0.4, 0.5) is 0 Å². The molecule has 0 amide bonds. The molecule has 0 aliphatic heterocycles. The Kier molecular flexibility index (Phi) is 3.12. The Labute approximate surface area is 85.3 Å². The highest BCUT2D eigenvalue weighted by atomic mass is 35.5. The first kappa shape index (κ1) is 10.3. The van der Waals surface area contributed by atoms with Gasteiger partial charge in [-0.25, -0.2) is 9.78 Å². The SMILES string of the molecule is CCc1nc(Cl)c(Cl)cc1C(=O)O. The highest BCUT2D eigenvalue weighted by Crippen LogP contribution is 2.22. The molecule has 13 heavy (non-hydrogen) atoms. The van der Waals surface area contributed by atoms with E-state index in [0.717, 1.165) is 0 Å². The van der Waals surface area contributed by atoms with Crippen LogP contribution in [-0.4, -0.2) is 16.1 Å². The number of carbonyl (C=O) groups is 1. The van der Waals surface area contributed by atoms with Crippen LogP contribution in [-0.2, 0) is 6.42 Å². The normalized spacial score (nSPS) is 10.1. The summed E-state index contributed by atoms with van der Waals surface area (Å²) in [5.74, 6) is -1.04. The van der Waals surface area contributed by atoms with Crippen molar-refractivity contribution in [2.75, 3.05) is 0 Å². The van der Waals surface area contributed by atoms with Crippen molar-refractivity contribution < 1.29 is 9.90 Å². The Balaban J connectivity index is 3.33. The molecule has 1 N–H and O–H groups in total. The van der Waals surface area contributed by atoms with Gasteiger partial charge in [-0.15, -0.1) is 0 Å². The minimum absolute atomic E-state index is 0.108. The van der Waals surface area contributed by atoms with Crippen LogP contribution in [0.1, 0.15) is 23.0 Å². The number of halogens is 2. The standard InChI is InChI=1S/C8H7Cl2NO2/c1-2-6-4(8(12)13)3-5(9)7(10)11-6/h3H,2H2,1H3,(H,12,13). The third-order valence-corrected chi connectivity index (χ3v) is 2.25. The van der Waals surface area contributed by atoms with Gasteiger partial charge in [0.1, 0.15) is 5.15 Å². The van der Waals surface area contributed by atoms with Gasteiger partial charge in [-0.05, 0) is 12.5 Å². The lowest BCUT2D eigenvalue weighted by atomic mass is 10.1. The van der Waals surface area contributed by atoms with Gasteiger partial charge in [0.15, 0.2) is 0 Å². The van der Waals surface area contributed by atoms with Crippen LogP contribution < -0.4 is 0 Å². The van der Waals surface area contributed by atoms with Crippen molar-refractivity contribution in [3.8, 4) is 0 Å². The maximum atomic E-state index is 10.7. The molecule has 1 rings (SSSR count). The molecule has 0 fully saturated rings. The van der Waals surface area contributed by atoms with E-state index in [1.807, 2.05) is 0 Å². The van der Waals surface area contributed by atoms with Crippen molar-refractivity contribution in [2.45, 2.75) is 13.3 Å². The van der Waals surface area contributed by atoms with E-state index >= 15 is 0 Å². The van der Waals surface area contributed by atoms with Crippen molar-refractivity contribution in [3.63, 3.8) is 0 Å². The number of carboxylic acid groups (broad SMARTS) is 1.